The van der Waals surface area contributed by atoms with E-state index in [2.05, 4.69) is 4.98 Å². The van der Waals surface area contributed by atoms with Gasteiger partial charge >= 0.3 is 5.63 Å². The third kappa shape index (κ3) is 1.40. The Morgan fingerprint density at radius 1 is 1.36 bits per heavy atom. The standard InChI is InChI=1S/C10H8ClNO2/c1-5-3-7-9(4-8(5)11)12-6(2)14-10(7)13/h3-4H,1-2H3. The molecule has 4 heteroatoms. The van der Waals surface area contributed by atoms with Gasteiger partial charge in [-0.3, -0.25) is 0 Å². The van der Waals surface area contributed by atoms with Gasteiger partial charge in [0, 0.05) is 11.9 Å². The highest BCUT2D eigenvalue weighted by Gasteiger charge is 2.06. The lowest BCUT2D eigenvalue weighted by Crippen LogP contribution is -2.03. The van der Waals surface area contributed by atoms with Crippen LogP contribution in [0.15, 0.2) is 21.3 Å². The smallest absolute Gasteiger partial charge is 0.346 e. The van der Waals surface area contributed by atoms with Gasteiger partial charge in [-0.25, -0.2) is 9.78 Å². The van der Waals surface area contributed by atoms with E-state index in [4.69, 9.17) is 16.0 Å². The Labute approximate surface area is 85.3 Å². The molecule has 0 spiro atoms. The minimum absolute atomic E-state index is 0.349. The molecule has 0 aliphatic heterocycles. The topological polar surface area (TPSA) is 43.1 Å². The molecule has 14 heavy (non-hydrogen) atoms. The summed E-state index contributed by atoms with van der Waals surface area (Å²) in [6.45, 7) is 3.47. The molecule has 0 saturated carbocycles. The van der Waals surface area contributed by atoms with Crippen LogP contribution < -0.4 is 5.63 Å². The maximum absolute atomic E-state index is 11.4. The van der Waals surface area contributed by atoms with Crippen LogP contribution in [-0.4, -0.2) is 4.98 Å². The third-order valence-corrected chi connectivity index (χ3v) is 2.42. The van der Waals surface area contributed by atoms with Crippen molar-refractivity contribution < 1.29 is 4.42 Å². The molecule has 0 radical (unpaired) electrons. The van der Waals surface area contributed by atoms with Crippen molar-refractivity contribution in [2.24, 2.45) is 0 Å². The lowest BCUT2D eigenvalue weighted by atomic mass is 10.2. The van der Waals surface area contributed by atoms with Gasteiger partial charge in [0.2, 0.25) is 0 Å². The summed E-state index contributed by atoms with van der Waals surface area (Å²) in [5, 5.41) is 1.08. The Balaban J connectivity index is 2.96. The zero-order valence-electron chi connectivity index (χ0n) is 7.80. The second kappa shape index (κ2) is 3.10. The first-order valence-corrected chi connectivity index (χ1v) is 4.53. The van der Waals surface area contributed by atoms with E-state index in [1.165, 1.54) is 0 Å². The van der Waals surface area contributed by atoms with Crippen LogP contribution in [0.1, 0.15) is 11.5 Å². The largest absolute Gasteiger partial charge is 0.408 e. The molecule has 0 N–H and O–H groups in total. The van der Waals surface area contributed by atoms with Crippen LogP contribution in [0.3, 0.4) is 0 Å². The molecule has 2 aromatic rings. The number of benzene rings is 1. The quantitative estimate of drug-likeness (QED) is 0.670. The maximum Gasteiger partial charge on any atom is 0.346 e. The number of hydrogen-bond acceptors (Lipinski definition) is 3. The molecule has 1 heterocycles. The monoisotopic (exact) mass is 209 g/mol. The maximum atomic E-state index is 11.4. The lowest BCUT2D eigenvalue weighted by Gasteiger charge is -2.00. The summed E-state index contributed by atoms with van der Waals surface area (Å²) in [6, 6.07) is 3.37. The molecule has 0 atom stereocenters. The first-order valence-electron chi connectivity index (χ1n) is 4.15. The van der Waals surface area contributed by atoms with Crippen LogP contribution in [-0.2, 0) is 0 Å². The summed E-state index contributed by atoms with van der Waals surface area (Å²) in [5.41, 5.74) is 1.05. The summed E-state index contributed by atoms with van der Waals surface area (Å²) < 4.78 is 4.88. The van der Waals surface area contributed by atoms with Crippen molar-refractivity contribution in [3.05, 3.63) is 39.0 Å². The Kier molecular flexibility index (Phi) is 2.04. The number of aryl methyl sites for hydroxylation is 2. The van der Waals surface area contributed by atoms with Crippen LogP contribution in [0.5, 0.6) is 0 Å². The fourth-order valence-electron chi connectivity index (χ4n) is 1.31. The fourth-order valence-corrected chi connectivity index (χ4v) is 1.47. The van der Waals surface area contributed by atoms with Crippen LogP contribution in [0, 0.1) is 13.8 Å². The molecule has 3 nitrogen and oxygen atoms in total. The van der Waals surface area contributed by atoms with E-state index < -0.39 is 0 Å². The Morgan fingerprint density at radius 3 is 2.79 bits per heavy atom. The molecular weight excluding hydrogens is 202 g/mol. The number of rotatable bonds is 0. The van der Waals surface area contributed by atoms with E-state index in [9.17, 15) is 4.79 Å². The van der Waals surface area contributed by atoms with E-state index in [-0.39, 0.29) is 5.63 Å². The van der Waals surface area contributed by atoms with Gasteiger partial charge in [-0.1, -0.05) is 11.6 Å². The molecule has 1 aromatic heterocycles. The lowest BCUT2D eigenvalue weighted by molar-refractivity contribution is 0.467. The molecule has 0 aliphatic carbocycles. The van der Waals surface area contributed by atoms with Gasteiger partial charge in [-0.2, -0.15) is 0 Å². The molecule has 0 amide bonds. The van der Waals surface area contributed by atoms with E-state index in [0.29, 0.717) is 21.8 Å². The van der Waals surface area contributed by atoms with Crippen molar-refractivity contribution in [3.8, 4) is 0 Å². The predicted octanol–water partition coefficient (Wildman–Crippen LogP) is 2.46. The van der Waals surface area contributed by atoms with Crippen molar-refractivity contribution >= 4 is 22.5 Å². The first-order chi connectivity index (χ1) is 6.58. The van der Waals surface area contributed by atoms with E-state index in [1.807, 2.05) is 6.92 Å². The zero-order valence-corrected chi connectivity index (χ0v) is 8.55. The minimum Gasteiger partial charge on any atom is -0.408 e. The number of nitrogens with zero attached hydrogens (tertiary/aromatic N) is 1. The molecule has 0 saturated heterocycles. The van der Waals surface area contributed by atoms with Gasteiger partial charge in [0.15, 0.2) is 5.89 Å². The molecule has 2 rings (SSSR count). The van der Waals surface area contributed by atoms with Gasteiger partial charge in [-0.05, 0) is 24.6 Å². The van der Waals surface area contributed by atoms with Crippen LogP contribution in [0.2, 0.25) is 5.02 Å². The van der Waals surface area contributed by atoms with E-state index in [1.54, 1.807) is 19.1 Å². The molecule has 0 aliphatic rings. The first kappa shape index (κ1) is 9.21. The fraction of sp³-hybridized carbons (Fsp3) is 0.200. The van der Waals surface area contributed by atoms with Crippen molar-refractivity contribution in [2.75, 3.05) is 0 Å². The Hall–Kier alpha value is -1.35. The normalized spacial score (nSPS) is 10.8. The molecule has 1 aromatic carbocycles. The zero-order chi connectivity index (χ0) is 10.3. The number of fused-ring (bicyclic) bond motifs is 1. The van der Waals surface area contributed by atoms with Crippen molar-refractivity contribution in [2.45, 2.75) is 13.8 Å². The minimum atomic E-state index is -0.368. The van der Waals surface area contributed by atoms with Crippen molar-refractivity contribution in [1.82, 2.24) is 4.98 Å². The van der Waals surface area contributed by atoms with Crippen LogP contribution in [0.4, 0.5) is 0 Å². The number of hydrogen-bond donors (Lipinski definition) is 0. The number of aromatic nitrogens is 1. The summed E-state index contributed by atoms with van der Waals surface area (Å²) in [5.74, 6) is 0.349. The Morgan fingerprint density at radius 2 is 2.07 bits per heavy atom. The second-order valence-corrected chi connectivity index (χ2v) is 3.55. The second-order valence-electron chi connectivity index (χ2n) is 3.14. The molecular formula is C10H8ClNO2. The summed E-state index contributed by atoms with van der Waals surface area (Å²) in [4.78, 5) is 15.5. The molecule has 0 unspecified atom stereocenters. The van der Waals surface area contributed by atoms with Gasteiger partial charge in [-0.15, -0.1) is 0 Å². The summed E-state index contributed by atoms with van der Waals surface area (Å²) in [6.07, 6.45) is 0. The van der Waals surface area contributed by atoms with Crippen molar-refractivity contribution in [1.29, 1.82) is 0 Å². The highest BCUT2D eigenvalue weighted by molar-refractivity contribution is 6.32. The van der Waals surface area contributed by atoms with Crippen LogP contribution in [0.25, 0.3) is 10.9 Å². The average molecular weight is 210 g/mol. The highest BCUT2D eigenvalue weighted by atomic mass is 35.5. The average Bonchev–Trinajstić information content (AvgIpc) is 2.08. The van der Waals surface area contributed by atoms with Gasteiger partial charge < -0.3 is 4.42 Å². The highest BCUT2D eigenvalue weighted by Crippen LogP contribution is 2.20. The third-order valence-electron chi connectivity index (χ3n) is 2.02. The number of halogens is 1. The Bertz CT molecular complexity index is 560. The van der Waals surface area contributed by atoms with Gasteiger partial charge in [0.25, 0.3) is 0 Å². The van der Waals surface area contributed by atoms with Crippen molar-refractivity contribution in [3.63, 3.8) is 0 Å². The SMILES string of the molecule is Cc1nc2cc(Cl)c(C)cc2c(=O)o1. The predicted molar refractivity (Wildman–Crippen MR) is 54.8 cm³/mol. The molecule has 0 fully saturated rings. The summed E-state index contributed by atoms with van der Waals surface area (Å²) in [7, 11) is 0. The van der Waals surface area contributed by atoms with Gasteiger partial charge in [0.1, 0.15) is 0 Å². The summed E-state index contributed by atoms with van der Waals surface area (Å²) >= 11 is 5.92. The molecule has 0 bridgehead atoms. The van der Waals surface area contributed by atoms with E-state index in [0.717, 1.165) is 5.56 Å². The van der Waals surface area contributed by atoms with Crippen LogP contribution >= 0.6 is 11.6 Å². The molecule has 72 valence electrons. The van der Waals surface area contributed by atoms with Gasteiger partial charge in [0.05, 0.1) is 10.9 Å². The van der Waals surface area contributed by atoms with E-state index >= 15 is 0 Å².